The first-order valence-electron chi connectivity index (χ1n) is 5.54. The third-order valence-electron chi connectivity index (χ3n) is 2.32. The SMILES string of the molecule is CCCC(=O)COc1c(C)cc(Br)cc1[N+](=O)[O-]. The highest BCUT2D eigenvalue weighted by atomic mass is 79.9. The maximum absolute atomic E-state index is 11.4. The number of nitro groups is 1. The minimum atomic E-state index is -0.516. The Kier molecular flexibility index (Phi) is 5.27. The summed E-state index contributed by atoms with van der Waals surface area (Å²) in [7, 11) is 0. The van der Waals surface area contributed by atoms with Crippen LogP contribution in [0.4, 0.5) is 5.69 Å². The second-order valence-electron chi connectivity index (χ2n) is 3.91. The lowest BCUT2D eigenvalue weighted by atomic mass is 10.2. The first-order valence-corrected chi connectivity index (χ1v) is 6.34. The molecule has 18 heavy (non-hydrogen) atoms. The van der Waals surface area contributed by atoms with E-state index in [0.29, 0.717) is 16.5 Å². The number of carbonyl (C=O) groups excluding carboxylic acids is 1. The summed E-state index contributed by atoms with van der Waals surface area (Å²) in [6, 6.07) is 3.08. The standard InChI is InChI=1S/C12H14BrNO4/c1-3-4-10(15)7-18-12-8(2)5-9(13)6-11(12)14(16)17/h5-6H,3-4,7H2,1-2H3. The Bertz CT molecular complexity index is 473. The van der Waals surface area contributed by atoms with Gasteiger partial charge >= 0.3 is 5.69 Å². The Balaban J connectivity index is 2.93. The number of halogens is 1. The van der Waals surface area contributed by atoms with Crippen molar-refractivity contribution in [3.63, 3.8) is 0 Å². The first kappa shape index (κ1) is 14.6. The summed E-state index contributed by atoms with van der Waals surface area (Å²) >= 11 is 3.19. The largest absolute Gasteiger partial charge is 0.479 e. The molecule has 0 aliphatic heterocycles. The molecule has 0 saturated carbocycles. The number of ether oxygens (including phenoxy) is 1. The molecule has 0 aromatic heterocycles. The average Bonchev–Trinajstić information content (AvgIpc) is 2.27. The first-order chi connectivity index (χ1) is 8.45. The van der Waals surface area contributed by atoms with E-state index in [-0.39, 0.29) is 23.8 Å². The van der Waals surface area contributed by atoms with Crippen LogP contribution in [0, 0.1) is 17.0 Å². The fourth-order valence-corrected chi connectivity index (χ4v) is 2.10. The number of hydrogen-bond donors (Lipinski definition) is 0. The van der Waals surface area contributed by atoms with E-state index in [1.807, 2.05) is 6.92 Å². The van der Waals surface area contributed by atoms with Gasteiger partial charge in [0.05, 0.1) is 4.92 Å². The van der Waals surface area contributed by atoms with E-state index < -0.39 is 4.92 Å². The molecule has 6 heteroatoms. The normalized spacial score (nSPS) is 10.2. The molecule has 0 N–H and O–H groups in total. The van der Waals surface area contributed by atoms with Crippen LogP contribution < -0.4 is 4.74 Å². The lowest BCUT2D eigenvalue weighted by molar-refractivity contribution is -0.385. The fourth-order valence-electron chi connectivity index (χ4n) is 1.54. The molecule has 0 aliphatic carbocycles. The summed E-state index contributed by atoms with van der Waals surface area (Å²) in [6.45, 7) is 3.47. The lowest BCUT2D eigenvalue weighted by Gasteiger charge is -2.09. The molecule has 1 rings (SSSR count). The summed E-state index contributed by atoms with van der Waals surface area (Å²) in [6.07, 6.45) is 1.16. The molecular weight excluding hydrogens is 302 g/mol. The Hall–Kier alpha value is -1.43. The van der Waals surface area contributed by atoms with Gasteiger partial charge in [-0.3, -0.25) is 14.9 Å². The molecule has 0 unspecified atom stereocenters. The highest BCUT2D eigenvalue weighted by Gasteiger charge is 2.19. The average molecular weight is 316 g/mol. The van der Waals surface area contributed by atoms with Gasteiger partial charge in [0.25, 0.3) is 0 Å². The zero-order valence-corrected chi connectivity index (χ0v) is 11.8. The van der Waals surface area contributed by atoms with Crippen LogP contribution in [-0.4, -0.2) is 17.3 Å². The summed E-state index contributed by atoms with van der Waals surface area (Å²) in [5, 5.41) is 10.9. The Labute approximate surface area is 113 Å². The van der Waals surface area contributed by atoms with Gasteiger partial charge in [-0.2, -0.15) is 0 Å². The van der Waals surface area contributed by atoms with Gasteiger partial charge in [-0.15, -0.1) is 0 Å². The number of carbonyl (C=O) groups is 1. The van der Waals surface area contributed by atoms with E-state index in [0.717, 1.165) is 6.42 Å². The van der Waals surface area contributed by atoms with E-state index in [1.54, 1.807) is 13.0 Å². The quantitative estimate of drug-likeness (QED) is 0.595. The van der Waals surface area contributed by atoms with Crippen molar-refractivity contribution in [3.05, 3.63) is 32.3 Å². The predicted molar refractivity (Wildman–Crippen MR) is 70.9 cm³/mol. The number of Topliss-reactive ketones (excluding diaryl/α,β-unsaturated/α-hetero) is 1. The smallest absolute Gasteiger partial charge is 0.312 e. The molecule has 0 spiro atoms. The van der Waals surface area contributed by atoms with Crippen LogP contribution in [0.3, 0.4) is 0 Å². The minimum absolute atomic E-state index is 0.0610. The van der Waals surface area contributed by atoms with Crippen molar-refractivity contribution < 1.29 is 14.5 Å². The molecule has 0 bridgehead atoms. The minimum Gasteiger partial charge on any atom is -0.479 e. The number of ketones is 1. The van der Waals surface area contributed by atoms with Gasteiger partial charge in [-0.05, 0) is 25.0 Å². The van der Waals surface area contributed by atoms with Crippen LogP contribution in [-0.2, 0) is 4.79 Å². The van der Waals surface area contributed by atoms with E-state index in [4.69, 9.17) is 4.74 Å². The number of nitro benzene ring substituents is 1. The van der Waals surface area contributed by atoms with Crippen molar-refractivity contribution >= 4 is 27.4 Å². The van der Waals surface area contributed by atoms with Crippen molar-refractivity contribution in [1.82, 2.24) is 0 Å². The Morgan fingerprint density at radius 3 is 2.72 bits per heavy atom. The van der Waals surface area contributed by atoms with Crippen molar-refractivity contribution in [2.24, 2.45) is 0 Å². The molecule has 1 aromatic carbocycles. The molecule has 0 saturated heterocycles. The number of nitrogens with zero attached hydrogens (tertiary/aromatic N) is 1. The van der Waals surface area contributed by atoms with Gasteiger partial charge in [0.15, 0.2) is 5.78 Å². The molecule has 0 aliphatic rings. The maximum Gasteiger partial charge on any atom is 0.312 e. The molecule has 0 amide bonds. The van der Waals surface area contributed by atoms with E-state index in [2.05, 4.69) is 15.9 Å². The van der Waals surface area contributed by atoms with Gasteiger partial charge in [0, 0.05) is 17.0 Å². The zero-order chi connectivity index (χ0) is 13.7. The van der Waals surface area contributed by atoms with Crippen molar-refractivity contribution in [2.75, 3.05) is 6.61 Å². The molecule has 0 radical (unpaired) electrons. The van der Waals surface area contributed by atoms with Gasteiger partial charge in [0.2, 0.25) is 5.75 Å². The predicted octanol–water partition coefficient (Wildman–Crippen LogP) is 3.41. The molecular formula is C12H14BrNO4. The Morgan fingerprint density at radius 1 is 1.50 bits per heavy atom. The van der Waals surface area contributed by atoms with Crippen LogP contribution in [0.1, 0.15) is 25.3 Å². The third kappa shape index (κ3) is 3.80. The lowest BCUT2D eigenvalue weighted by Crippen LogP contribution is -2.12. The maximum atomic E-state index is 11.4. The summed E-state index contributed by atoms with van der Waals surface area (Å²) in [5.74, 6) is 0.0989. The second-order valence-corrected chi connectivity index (χ2v) is 4.82. The molecule has 0 atom stereocenters. The van der Waals surface area contributed by atoms with E-state index in [9.17, 15) is 14.9 Å². The van der Waals surface area contributed by atoms with Crippen molar-refractivity contribution in [3.8, 4) is 5.75 Å². The molecule has 0 heterocycles. The van der Waals surface area contributed by atoms with Crippen LogP contribution >= 0.6 is 15.9 Å². The van der Waals surface area contributed by atoms with Gasteiger partial charge in [0.1, 0.15) is 6.61 Å². The van der Waals surface area contributed by atoms with Crippen LogP contribution in [0.2, 0.25) is 0 Å². The van der Waals surface area contributed by atoms with Crippen LogP contribution in [0.25, 0.3) is 0 Å². The van der Waals surface area contributed by atoms with Crippen molar-refractivity contribution in [1.29, 1.82) is 0 Å². The number of aryl methyl sites for hydroxylation is 1. The third-order valence-corrected chi connectivity index (χ3v) is 2.78. The number of benzene rings is 1. The van der Waals surface area contributed by atoms with Crippen LogP contribution in [0.15, 0.2) is 16.6 Å². The summed E-state index contributed by atoms with van der Waals surface area (Å²) in [4.78, 5) is 21.8. The number of hydrogen-bond acceptors (Lipinski definition) is 4. The van der Waals surface area contributed by atoms with Gasteiger partial charge < -0.3 is 4.74 Å². The molecule has 1 aromatic rings. The fraction of sp³-hybridized carbons (Fsp3) is 0.417. The topological polar surface area (TPSA) is 69.4 Å². The highest BCUT2D eigenvalue weighted by molar-refractivity contribution is 9.10. The molecule has 5 nitrogen and oxygen atoms in total. The van der Waals surface area contributed by atoms with Gasteiger partial charge in [-0.25, -0.2) is 0 Å². The van der Waals surface area contributed by atoms with Gasteiger partial charge in [-0.1, -0.05) is 22.9 Å². The number of rotatable bonds is 6. The monoisotopic (exact) mass is 315 g/mol. The van der Waals surface area contributed by atoms with E-state index in [1.165, 1.54) is 6.07 Å². The molecule has 0 fully saturated rings. The molecule has 98 valence electrons. The summed E-state index contributed by atoms with van der Waals surface area (Å²) in [5.41, 5.74) is 0.492. The second kappa shape index (κ2) is 6.49. The van der Waals surface area contributed by atoms with Crippen LogP contribution in [0.5, 0.6) is 5.75 Å². The highest BCUT2D eigenvalue weighted by Crippen LogP contribution is 2.34. The van der Waals surface area contributed by atoms with E-state index >= 15 is 0 Å². The summed E-state index contributed by atoms with van der Waals surface area (Å²) < 4.78 is 5.90. The Morgan fingerprint density at radius 2 is 2.17 bits per heavy atom. The zero-order valence-electron chi connectivity index (χ0n) is 10.2. The van der Waals surface area contributed by atoms with Crippen molar-refractivity contribution in [2.45, 2.75) is 26.7 Å².